The number of nitrogens with zero attached hydrogens (tertiary/aromatic N) is 1. The van der Waals surface area contributed by atoms with Gasteiger partial charge in [-0.2, -0.15) is 0 Å². The normalized spacial score (nSPS) is 11.8. The summed E-state index contributed by atoms with van der Waals surface area (Å²) in [7, 11) is 0. The molecule has 1 unspecified atom stereocenters. The van der Waals surface area contributed by atoms with E-state index in [0.717, 1.165) is 36.4 Å². The predicted octanol–water partition coefficient (Wildman–Crippen LogP) is 4.91. The standard InChI is InChI=1S/C22H29FN2O2S/c1-3-14-25(15-4-2)21(27)9-5-8-20(26)24-22(19-7-6-16-28-19)17-10-12-18(23)13-11-17/h6-7,10-13,16,22H,3-5,8-9,14-15H2,1-2H3,(H,24,26). The van der Waals surface area contributed by atoms with Crippen LogP contribution in [0.3, 0.4) is 0 Å². The molecule has 2 aromatic rings. The van der Waals surface area contributed by atoms with E-state index in [1.54, 1.807) is 23.5 Å². The molecule has 2 rings (SSSR count). The number of amides is 2. The third kappa shape index (κ3) is 6.75. The van der Waals surface area contributed by atoms with Crippen LogP contribution in [-0.4, -0.2) is 29.8 Å². The summed E-state index contributed by atoms with van der Waals surface area (Å²) in [6.45, 7) is 5.65. The molecule has 0 bridgehead atoms. The van der Waals surface area contributed by atoms with Gasteiger partial charge in [-0.05, 0) is 48.4 Å². The van der Waals surface area contributed by atoms with Gasteiger partial charge in [-0.3, -0.25) is 9.59 Å². The minimum atomic E-state index is -0.305. The number of hydrogen-bond acceptors (Lipinski definition) is 3. The van der Waals surface area contributed by atoms with Gasteiger partial charge in [0, 0.05) is 30.8 Å². The van der Waals surface area contributed by atoms with E-state index in [2.05, 4.69) is 19.2 Å². The molecule has 6 heteroatoms. The summed E-state index contributed by atoms with van der Waals surface area (Å²) >= 11 is 1.55. The third-order valence-electron chi connectivity index (χ3n) is 4.47. The summed E-state index contributed by atoms with van der Waals surface area (Å²) < 4.78 is 13.3. The zero-order valence-corrected chi connectivity index (χ0v) is 17.4. The summed E-state index contributed by atoms with van der Waals surface area (Å²) in [5.41, 5.74) is 0.838. The van der Waals surface area contributed by atoms with Gasteiger partial charge in [0.05, 0.1) is 6.04 Å². The van der Waals surface area contributed by atoms with E-state index in [1.807, 2.05) is 22.4 Å². The maximum atomic E-state index is 13.3. The molecule has 0 radical (unpaired) electrons. The van der Waals surface area contributed by atoms with Crippen LogP contribution in [0.2, 0.25) is 0 Å². The monoisotopic (exact) mass is 404 g/mol. The van der Waals surface area contributed by atoms with Gasteiger partial charge in [0.2, 0.25) is 11.8 Å². The van der Waals surface area contributed by atoms with Crippen LogP contribution >= 0.6 is 11.3 Å². The van der Waals surface area contributed by atoms with Gasteiger partial charge in [-0.15, -0.1) is 11.3 Å². The molecule has 0 fully saturated rings. The first-order valence-corrected chi connectivity index (χ1v) is 10.8. The third-order valence-corrected chi connectivity index (χ3v) is 5.41. The molecule has 1 N–H and O–H groups in total. The molecule has 1 atom stereocenters. The number of carbonyl (C=O) groups is 2. The summed E-state index contributed by atoms with van der Waals surface area (Å²) in [5.74, 6) is -0.292. The first kappa shape index (κ1) is 22.1. The lowest BCUT2D eigenvalue weighted by Crippen LogP contribution is -2.33. The lowest BCUT2D eigenvalue weighted by atomic mass is 10.0. The van der Waals surface area contributed by atoms with Crippen molar-refractivity contribution in [3.05, 3.63) is 58.0 Å². The molecule has 0 aliphatic rings. The van der Waals surface area contributed by atoms with Gasteiger partial charge >= 0.3 is 0 Å². The molecule has 2 amide bonds. The summed E-state index contributed by atoms with van der Waals surface area (Å²) in [6.07, 6.45) is 3.07. The van der Waals surface area contributed by atoms with E-state index >= 15 is 0 Å². The second-order valence-electron chi connectivity index (χ2n) is 6.80. The Bertz CT molecular complexity index is 726. The van der Waals surface area contributed by atoms with Gasteiger partial charge < -0.3 is 10.2 Å². The summed E-state index contributed by atoms with van der Waals surface area (Å²) in [5, 5.41) is 4.98. The van der Waals surface area contributed by atoms with E-state index < -0.39 is 0 Å². The molecule has 4 nitrogen and oxygen atoms in total. The van der Waals surface area contributed by atoms with E-state index in [4.69, 9.17) is 0 Å². The van der Waals surface area contributed by atoms with Crippen molar-refractivity contribution in [2.24, 2.45) is 0 Å². The van der Waals surface area contributed by atoms with Crippen LogP contribution in [-0.2, 0) is 9.59 Å². The maximum absolute atomic E-state index is 13.3. The van der Waals surface area contributed by atoms with Crippen LogP contribution in [0.15, 0.2) is 41.8 Å². The average molecular weight is 405 g/mol. The zero-order valence-electron chi connectivity index (χ0n) is 16.6. The lowest BCUT2D eigenvalue weighted by Gasteiger charge is -2.21. The van der Waals surface area contributed by atoms with Crippen molar-refractivity contribution < 1.29 is 14.0 Å². The van der Waals surface area contributed by atoms with Gasteiger partial charge in [0.1, 0.15) is 5.82 Å². The van der Waals surface area contributed by atoms with E-state index in [1.165, 1.54) is 12.1 Å². The molecule has 0 aliphatic heterocycles. The molecule has 152 valence electrons. The molecular formula is C22H29FN2O2S. The van der Waals surface area contributed by atoms with Crippen molar-refractivity contribution in [1.29, 1.82) is 0 Å². The van der Waals surface area contributed by atoms with Gasteiger partial charge in [-0.1, -0.05) is 32.0 Å². The Morgan fingerprint density at radius 2 is 1.75 bits per heavy atom. The smallest absolute Gasteiger partial charge is 0.222 e. The van der Waals surface area contributed by atoms with Crippen molar-refractivity contribution in [3.63, 3.8) is 0 Å². The maximum Gasteiger partial charge on any atom is 0.222 e. The molecule has 0 spiro atoms. The van der Waals surface area contributed by atoms with Crippen LogP contribution < -0.4 is 5.32 Å². The SMILES string of the molecule is CCCN(CCC)C(=O)CCCC(=O)NC(c1ccc(F)cc1)c1cccs1. The molecule has 0 saturated carbocycles. The van der Waals surface area contributed by atoms with E-state index in [9.17, 15) is 14.0 Å². The highest BCUT2D eigenvalue weighted by atomic mass is 32.1. The van der Waals surface area contributed by atoms with E-state index in [0.29, 0.717) is 19.3 Å². The van der Waals surface area contributed by atoms with Gasteiger partial charge in [0.15, 0.2) is 0 Å². The number of hydrogen-bond donors (Lipinski definition) is 1. The number of rotatable bonds is 11. The predicted molar refractivity (Wildman–Crippen MR) is 112 cm³/mol. The summed E-state index contributed by atoms with van der Waals surface area (Å²) in [4.78, 5) is 27.7. The number of thiophene rings is 1. The fourth-order valence-electron chi connectivity index (χ4n) is 3.12. The van der Waals surface area contributed by atoms with Crippen LogP contribution in [0, 0.1) is 5.82 Å². The molecule has 28 heavy (non-hydrogen) atoms. The fraction of sp³-hybridized carbons (Fsp3) is 0.455. The second kappa shape index (κ2) is 11.6. The van der Waals surface area contributed by atoms with Crippen LogP contribution in [0.25, 0.3) is 0 Å². The Morgan fingerprint density at radius 1 is 1.07 bits per heavy atom. The Kier molecular flexibility index (Phi) is 9.14. The van der Waals surface area contributed by atoms with Crippen molar-refractivity contribution in [3.8, 4) is 0 Å². The number of carbonyl (C=O) groups excluding carboxylic acids is 2. The lowest BCUT2D eigenvalue weighted by molar-refractivity contribution is -0.131. The number of nitrogens with one attached hydrogen (secondary N) is 1. The van der Waals surface area contributed by atoms with Gasteiger partial charge in [-0.25, -0.2) is 4.39 Å². The van der Waals surface area contributed by atoms with Crippen LogP contribution in [0.1, 0.15) is 62.4 Å². The first-order valence-electron chi connectivity index (χ1n) is 9.91. The van der Waals surface area contributed by atoms with Crippen LogP contribution in [0.5, 0.6) is 0 Å². The Hall–Kier alpha value is -2.21. The topological polar surface area (TPSA) is 49.4 Å². The second-order valence-corrected chi connectivity index (χ2v) is 7.78. The Labute approximate surface area is 170 Å². The van der Waals surface area contributed by atoms with Crippen molar-refractivity contribution in [2.75, 3.05) is 13.1 Å². The number of halogens is 1. The highest BCUT2D eigenvalue weighted by molar-refractivity contribution is 7.10. The molecule has 0 saturated heterocycles. The van der Waals surface area contributed by atoms with Crippen molar-refractivity contribution in [1.82, 2.24) is 10.2 Å². The molecular weight excluding hydrogens is 375 g/mol. The first-order chi connectivity index (χ1) is 13.5. The average Bonchev–Trinajstić information content (AvgIpc) is 3.21. The summed E-state index contributed by atoms with van der Waals surface area (Å²) in [6, 6.07) is 9.76. The van der Waals surface area contributed by atoms with Gasteiger partial charge in [0.25, 0.3) is 0 Å². The highest BCUT2D eigenvalue weighted by Gasteiger charge is 2.18. The molecule has 0 aliphatic carbocycles. The number of benzene rings is 1. The molecule has 1 heterocycles. The van der Waals surface area contributed by atoms with Crippen LogP contribution in [0.4, 0.5) is 4.39 Å². The Morgan fingerprint density at radius 3 is 2.32 bits per heavy atom. The van der Waals surface area contributed by atoms with E-state index in [-0.39, 0.29) is 23.7 Å². The molecule has 1 aromatic heterocycles. The Balaban J connectivity index is 1.91. The van der Waals surface area contributed by atoms with Crippen molar-refractivity contribution >= 4 is 23.2 Å². The fourth-order valence-corrected chi connectivity index (χ4v) is 3.92. The minimum absolute atomic E-state index is 0.104. The highest BCUT2D eigenvalue weighted by Crippen LogP contribution is 2.26. The molecule has 1 aromatic carbocycles. The minimum Gasteiger partial charge on any atom is -0.344 e. The van der Waals surface area contributed by atoms with Crippen molar-refractivity contribution in [2.45, 2.75) is 52.0 Å². The quantitative estimate of drug-likeness (QED) is 0.578. The zero-order chi connectivity index (χ0) is 20.4. The largest absolute Gasteiger partial charge is 0.344 e.